The maximum atomic E-state index is 12.6. The topological polar surface area (TPSA) is 76.3 Å². The molecule has 0 aliphatic rings. The SMILES string of the molecule is CCCCN(C)S(=O)(=O)c1ccc(N)c2cccnc12. The van der Waals surface area contributed by atoms with E-state index in [1.165, 1.54) is 10.4 Å². The second-order valence-corrected chi connectivity index (χ2v) is 6.75. The number of anilines is 1. The zero-order valence-corrected chi connectivity index (χ0v) is 12.5. The maximum absolute atomic E-state index is 12.6. The Morgan fingerprint density at radius 1 is 1.30 bits per heavy atom. The molecule has 0 saturated heterocycles. The molecule has 0 spiro atoms. The van der Waals surface area contributed by atoms with Gasteiger partial charge in [-0.1, -0.05) is 13.3 Å². The van der Waals surface area contributed by atoms with Crippen molar-refractivity contribution in [3.8, 4) is 0 Å². The summed E-state index contributed by atoms with van der Waals surface area (Å²) < 4.78 is 26.6. The lowest BCUT2D eigenvalue weighted by molar-refractivity contribution is 0.460. The third-order valence-corrected chi connectivity index (χ3v) is 5.17. The molecule has 0 unspecified atom stereocenters. The fourth-order valence-electron chi connectivity index (χ4n) is 2.05. The fourth-order valence-corrected chi connectivity index (χ4v) is 3.40. The van der Waals surface area contributed by atoms with E-state index in [2.05, 4.69) is 4.98 Å². The third kappa shape index (κ3) is 2.62. The molecular weight excluding hydrogens is 274 g/mol. The number of fused-ring (bicyclic) bond motifs is 1. The summed E-state index contributed by atoms with van der Waals surface area (Å²) in [5.41, 5.74) is 6.83. The second-order valence-electron chi connectivity index (χ2n) is 4.73. The zero-order valence-electron chi connectivity index (χ0n) is 11.7. The number of hydrogen-bond donors (Lipinski definition) is 1. The molecule has 1 aromatic heterocycles. The van der Waals surface area contributed by atoms with Crippen molar-refractivity contribution in [2.75, 3.05) is 19.3 Å². The molecule has 0 aliphatic carbocycles. The van der Waals surface area contributed by atoms with Crippen molar-refractivity contribution in [3.05, 3.63) is 30.5 Å². The Bertz CT molecular complexity index is 713. The van der Waals surface area contributed by atoms with Gasteiger partial charge in [0, 0.05) is 30.9 Å². The van der Waals surface area contributed by atoms with Gasteiger partial charge < -0.3 is 5.73 Å². The van der Waals surface area contributed by atoms with Crippen LogP contribution >= 0.6 is 0 Å². The van der Waals surface area contributed by atoms with Gasteiger partial charge in [-0.3, -0.25) is 4.98 Å². The predicted molar refractivity (Wildman–Crippen MR) is 80.9 cm³/mol. The van der Waals surface area contributed by atoms with Gasteiger partial charge in [-0.2, -0.15) is 0 Å². The monoisotopic (exact) mass is 293 g/mol. The first-order chi connectivity index (χ1) is 9.48. The highest BCUT2D eigenvalue weighted by Gasteiger charge is 2.23. The summed E-state index contributed by atoms with van der Waals surface area (Å²) in [5, 5.41) is 0.664. The molecule has 5 nitrogen and oxygen atoms in total. The summed E-state index contributed by atoms with van der Waals surface area (Å²) in [5.74, 6) is 0. The van der Waals surface area contributed by atoms with Crippen LogP contribution in [0, 0.1) is 0 Å². The van der Waals surface area contributed by atoms with Crippen LogP contribution < -0.4 is 5.73 Å². The molecule has 0 fully saturated rings. The molecule has 108 valence electrons. The number of pyridine rings is 1. The minimum absolute atomic E-state index is 0.209. The minimum atomic E-state index is -3.54. The number of nitrogens with zero attached hydrogens (tertiary/aromatic N) is 2. The molecule has 0 saturated carbocycles. The quantitative estimate of drug-likeness (QED) is 0.858. The molecule has 0 bridgehead atoms. The van der Waals surface area contributed by atoms with E-state index in [9.17, 15) is 8.42 Å². The summed E-state index contributed by atoms with van der Waals surface area (Å²) in [6.07, 6.45) is 3.35. The number of hydrogen-bond acceptors (Lipinski definition) is 4. The van der Waals surface area contributed by atoms with Gasteiger partial charge in [0.2, 0.25) is 10.0 Å². The lowest BCUT2D eigenvalue weighted by Crippen LogP contribution is -2.28. The largest absolute Gasteiger partial charge is 0.398 e. The number of rotatable bonds is 5. The Morgan fingerprint density at radius 2 is 2.05 bits per heavy atom. The minimum Gasteiger partial charge on any atom is -0.398 e. The van der Waals surface area contributed by atoms with Crippen LogP contribution in [-0.4, -0.2) is 31.3 Å². The Morgan fingerprint density at radius 3 is 2.75 bits per heavy atom. The highest BCUT2D eigenvalue weighted by atomic mass is 32.2. The summed E-state index contributed by atoms with van der Waals surface area (Å²) in [6.45, 7) is 2.53. The van der Waals surface area contributed by atoms with E-state index in [1.807, 2.05) is 6.92 Å². The average molecular weight is 293 g/mol. The molecule has 2 N–H and O–H groups in total. The van der Waals surface area contributed by atoms with Crippen LogP contribution in [0.4, 0.5) is 5.69 Å². The third-order valence-electron chi connectivity index (χ3n) is 3.28. The van der Waals surface area contributed by atoms with Crippen molar-refractivity contribution in [3.63, 3.8) is 0 Å². The van der Waals surface area contributed by atoms with E-state index in [0.29, 0.717) is 23.1 Å². The molecule has 0 atom stereocenters. The Balaban J connectivity index is 2.55. The predicted octanol–water partition coefficient (Wildman–Crippen LogP) is 2.24. The molecule has 20 heavy (non-hydrogen) atoms. The number of benzene rings is 1. The molecule has 0 aliphatic heterocycles. The number of nitrogens with two attached hydrogens (primary N) is 1. The lowest BCUT2D eigenvalue weighted by Gasteiger charge is -2.18. The first kappa shape index (κ1) is 14.7. The van der Waals surface area contributed by atoms with Gasteiger partial charge in [-0.15, -0.1) is 0 Å². The Hall–Kier alpha value is -1.66. The van der Waals surface area contributed by atoms with Crippen molar-refractivity contribution in [1.29, 1.82) is 0 Å². The van der Waals surface area contributed by atoms with Gasteiger partial charge in [0.15, 0.2) is 0 Å². The van der Waals surface area contributed by atoms with Gasteiger partial charge in [-0.25, -0.2) is 12.7 Å². The standard InChI is InChI=1S/C14H19N3O2S/c1-3-4-10-17(2)20(18,19)13-8-7-12(15)11-6-5-9-16-14(11)13/h5-9H,3-4,10,15H2,1-2H3. The normalized spacial score (nSPS) is 12.2. The van der Waals surface area contributed by atoms with Crippen molar-refractivity contribution in [1.82, 2.24) is 9.29 Å². The Labute approximate surface area is 119 Å². The van der Waals surface area contributed by atoms with E-state index in [1.54, 1.807) is 31.4 Å². The van der Waals surface area contributed by atoms with Crippen molar-refractivity contribution in [2.45, 2.75) is 24.7 Å². The molecule has 0 radical (unpaired) electrons. The van der Waals surface area contributed by atoms with Crippen LogP contribution in [-0.2, 0) is 10.0 Å². The summed E-state index contributed by atoms with van der Waals surface area (Å²) >= 11 is 0. The van der Waals surface area contributed by atoms with Gasteiger partial charge in [0.05, 0.1) is 5.52 Å². The highest BCUT2D eigenvalue weighted by molar-refractivity contribution is 7.89. The van der Waals surface area contributed by atoms with E-state index < -0.39 is 10.0 Å². The molecule has 2 aromatic rings. The molecule has 1 aromatic carbocycles. The van der Waals surface area contributed by atoms with Gasteiger partial charge >= 0.3 is 0 Å². The van der Waals surface area contributed by atoms with Crippen LogP contribution in [0.2, 0.25) is 0 Å². The molecule has 0 amide bonds. The van der Waals surface area contributed by atoms with Crippen LogP contribution in [0.5, 0.6) is 0 Å². The van der Waals surface area contributed by atoms with E-state index in [4.69, 9.17) is 5.73 Å². The van der Waals surface area contributed by atoms with Crippen molar-refractivity contribution >= 4 is 26.6 Å². The van der Waals surface area contributed by atoms with Gasteiger partial charge in [0.25, 0.3) is 0 Å². The lowest BCUT2D eigenvalue weighted by atomic mass is 10.2. The van der Waals surface area contributed by atoms with Crippen molar-refractivity contribution < 1.29 is 8.42 Å². The first-order valence-electron chi connectivity index (χ1n) is 6.58. The average Bonchev–Trinajstić information content (AvgIpc) is 2.45. The number of unbranched alkanes of at least 4 members (excludes halogenated alkanes) is 1. The van der Waals surface area contributed by atoms with Gasteiger partial charge in [0.1, 0.15) is 4.90 Å². The zero-order chi connectivity index (χ0) is 14.8. The van der Waals surface area contributed by atoms with Crippen LogP contribution in [0.3, 0.4) is 0 Å². The van der Waals surface area contributed by atoms with Crippen LogP contribution in [0.1, 0.15) is 19.8 Å². The van der Waals surface area contributed by atoms with Crippen molar-refractivity contribution in [2.24, 2.45) is 0 Å². The smallest absolute Gasteiger partial charge is 0.244 e. The number of sulfonamides is 1. The van der Waals surface area contributed by atoms with Crippen LogP contribution in [0.25, 0.3) is 10.9 Å². The van der Waals surface area contributed by atoms with E-state index in [0.717, 1.165) is 12.8 Å². The number of nitrogen functional groups attached to an aromatic ring is 1. The fraction of sp³-hybridized carbons (Fsp3) is 0.357. The van der Waals surface area contributed by atoms with E-state index in [-0.39, 0.29) is 4.90 Å². The molecule has 1 heterocycles. The molecule has 6 heteroatoms. The summed E-state index contributed by atoms with van der Waals surface area (Å²) in [7, 11) is -1.95. The maximum Gasteiger partial charge on any atom is 0.244 e. The van der Waals surface area contributed by atoms with Crippen LogP contribution in [0.15, 0.2) is 35.4 Å². The molecular formula is C14H19N3O2S. The Kier molecular flexibility index (Phi) is 4.25. The summed E-state index contributed by atoms with van der Waals surface area (Å²) in [4.78, 5) is 4.39. The second kappa shape index (κ2) is 5.76. The van der Waals surface area contributed by atoms with E-state index >= 15 is 0 Å². The highest BCUT2D eigenvalue weighted by Crippen LogP contribution is 2.27. The molecule has 2 rings (SSSR count). The van der Waals surface area contributed by atoms with Gasteiger partial charge in [-0.05, 0) is 30.7 Å². The number of aromatic nitrogens is 1. The first-order valence-corrected chi connectivity index (χ1v) is 8.02. The summed E-state index contributed by atoms with van der Waals surface area (Å²) in [6, 6.07) is 6.67.